The molecule has 6 aromatic carbocycles. The zero-order chi connectivity index (χ0) is 24.3. The van der Waals surface area contributed by atoms with E-state index in [1.54, 1.807) is 0 Å². The van der Waals surface area contributed by atoms with Gasteiger partial charge in [-0.25, -0.2) is 0 Å². The first-order chi connectivity index (χ1) is 18.3. The number of benzene rings is 6. The van der Waals surface area contributed by atoms with E-state index < -0.39 is 0 Å². The predicted octanol–water partition coefficient (Wildman–Crippen LogP) is 10.6. The summed E-state index contributed by atoms with van der Waals surface area (Å²) in [5.41, 5.74) is 5.27. The molecule has 0 atom stereocenters. The highest BCUT2D eigenvalue weighted by Gasteiger charge is 2.16. The number of anilines is 3. The molecule has 0 saturated carbocycles. The molecule has 2 aromatic heterocycles. The molecule has 8 aromatic rings. The Kier molecular flexibility index (Phi) is 4.42. The zero-order valence-electron chi connectivity index (χ0n) is 19.9. The highest BCUT2D eigenvalue weighted by atomic mass is 32.1. The van der Waals surface area contributed by atoms with Gasteiger partial charge in [-0.15, -0.1) is 11.3 Å². The minimum Gasteiger partial charge on any atom is -0.456 e. The Hall–Kier alpha value is -4.60. The molecule has 0 amide bonds. The molecule has 8 rings (SSSR count). The summed E-state index contributed by atoms with van der Waals surface area (Å²) in [6, 6.07) is 45.4. The summed E-state index contributed by atoms with van der Waals surface area (Å²) in [4.78, 5) is 2.35. The van der Waals surface area contributed by atoms with Crippen LogP contribution in [-0.4, -0.2) is 0 Å². The molecular formula is C34H21NOS. The second kappa shape index (κ2) is 7.95. The fraction of sp³-hybridized carbons (Fsp3) is 0. The van der Waals surface area contributed by atoms with Gasteiger partial charge in [0.15, 0.2) is 0 Å². The molecule has 2 nitrogen and oxygen atoms in total. The van der Waals surface area contributed by atoms with Crippen molar-refractivity contribution >= 4 is 81.3 Å². The third kappa shape index (κ3) is 3.18. The van der Waals surface area contributed by atoms with Crippen LogP contribution in [0.4, 0.5) is 17.1 Å². The molecule has 0 unspecified atom stereocenters. The standard InChI is InChI=1S/C34H21NOS/c1-2-8-23(9-3-1)35(25-16-18-28-27-10-5-7-13-32(27)37-33(28)21-25)24-15-17-26-22(20-24)14-19-31-34(26)29-11-4-6-12-30(29)36-31/h1-21H. The van der Waals surface area contributed by atoms with Crippen molar-refractivity contribution in [2.24, 2.45) is 0 Å². The van der Waals surface area contributed by atoms with Gasteiger partial charge in [0.2, 0.25) is 0 Å². The van der Waals surface area contributed by atoms with E-state index in [-0.39, 0.29) is 0 Å². The van der Waals surface area contributed by atoms with Gasteiger partial charge < -0.3 is 9.32 Å². The largest absolute Gasteiger partial charge is 0.456 e. The van der Waals surface area contributed by atoms with E-state index in [4.69, 9.17) is 4.42 Å². The molecule has 0 spiro atoms. The Morgan fingerprint density at radius 1 is 0.459 bits per heavy atom. The van der Waals surface area contributed by atoms with Crippen molar-refractivity contribution in [3.05, 3.63) is 127 Å². The molecule has 0 N–H and O–H groups in total. The van der Waals surface area contributed by atoms with E-state index in [1.165, 1.54) is 36.3 Å². The predicted molar refractivity (Wildman–Crippen MR) is 159 cm³/mol. The topological polar surface area (TPSA) is 16.4 Å². The van der Waals surface area contributed by atoms with Crippen LogP contribution in [0.25, 0.3) is 52.9 Å². The Balaban J connectivity index is 1.35. The number of hydrogen-bond acceptors (Lipinski definition) is 3. The van der Waals surface area contributed by atoms with E-state index in [9.17, 15) is 0 Å². The van der Waals surface area contributed by atoms with Crippen LogP contribution in [-0.2, 0) is 0 Å². The molecule has 0 radical (unpaired) electrons. The van der Waals surface area contributed by atoms with Gasteiger partial charge in [-0.05, 0) is 65.4 Å². The second-order valence-corrected chi connectivity index (χ2v) is 10.5. The molecule has 37 heavy (non-hydrogen) atoms. The normalized spacial score (nSPS) is 11.8. The summed E-state index contributed by atoms with van der Waals surface area (Å²) >= 11 is 1.85. The van der Waals surface area contributed by atoms with Crippen LogP contribution < -0.4 is 4.90 Å². The molecule has 0 aliphatic rings. The monoisotopic (exact) mass is 491 g/mol. The molecule has 0 aliphatic heterocycles. The first-order valence-electron chi connectivity index (χ1n) is 12.4. The fourth-order valence-corrected chi connectivity index (χ4v) is 6.70. The molecule has 0 aliphatic carbocycles. The van der Waals surface area contributed by atoms with Crippen LogP contribution >= 0.6 is 11.3 Å². The summed E-state index contributed by atoms with van der Waals surface area (Å²) in [6.07, 6.45) is 0. The van der Waals surface area contributed by atoms with E-state index in [1.807, 2.05) is 23.5 Å². The maximum Gasteiger partial charge on any atom is 0.136 e. The second-order valence-electron chi connectivity index (χ2n) is 9.39. The summed E-state index contributed by atoms with van der Waals surface area (Å²) in [7, 11) is 0. The number of para-hydroxylation sites is 2. The van der Waals surface area contributed by atoms with Crippen LogP contribution in [0.3, 0.4) is 0 Å². The van der Waals surface area contributed by atoms with Gasteiger partial charge in [-0.2, -0.15) is 0 Å². The molecule has 3 heteroatoms. The minimum atomic E-state index is 0.927. The van der Waals surface area contributed by atoms with Crippen molar-refractivity contribution in [3.63, 3.8) is 0 Å². The summed E-state index contributed by atoms with van der Waals surface area (Å²) < 4.78 is 8.75. The van der Waals surface area contributed by atoms with Crippen LogP contribution in [0.15, 0.2) is 132 Å². The maximum absolute atomic E-state index is 6.13. The van der Waals surface area contributed by atoms with Crippen molar-refractivity contribution in [1.29, 1.82) is 0 Å². The number of furan rings is 1. The van der Waals surface area contributed by atoms with Gasteiger partial charge in [-0.1, -0.05) is 72.8 Å². The highest BCUT2D eigenvalue weighted by molar-refractivity contribution is 7.25. The number of nitrogens with zero attached hydrogens (tertiary/aromatic N) is 1. The summed E-state index contributed by atoms with van der Waals surface area (Å²) in [6.45, 7) is 0. The highest BCUT2D eigenvalue weighted by Crippen LogP contribution is 2.42. The first kappa shape index (κ1) is 20.6. The van der Waals surface area contributed by atoms with Crippen LogP contribution in [0.5, 0.6) is 0 Å². The third-order valence-electron chi connectivity index (χ3n) is 7.23. The number of thiophene rings is 1. The molecular weight excluding hydrogens is 470 g/mol. The lowest BCUT2D eigenvalue weighted by Gasteiger charge is -2.26. The maximum atomic E-state index is 6.13. The lowest BCUT2D eigenvalue weighted by Crippen LogP contribution is -2.09. The SMILES string of the molecule is c1ccc(N(c2ccc3c(ccc4oc5ccccc5c43)c2)c2ccc3c(c2)sc2ccccc23)cc1. The summed E-state index contributed by atoms with van der Waals surface area (Å²) in [5, 5.41) is 7.37. The van der Waals surface area contributed by atoms with Gasteiger partial charge in [0.25, 0.3) is 0 Å². The Labute approximate surface area is 217 Å². The molecule has 174 valence electrons. The molecule has 2 heterocycles. The van der Waals surface area contributed by atoms with E-state index >= 15 is 0 Å². The van der Waals surface area contributed by atoms with Crippen molar-refractivity contribution in [3.8, 4) is 0 Å². The van der Waals surface area contributed by atoms with E-state index in [0.29, 0.717) is 0 Å². The quantitative estimate of drug-likeness (QED) is 0.244. The Morgan fingerprint density at radius 3 is 2.05 bits per heavy atom. The van der Waals surface area contributed by atoms with Gasteiger partial charge in [0.05, 0.1) is 0 Å². The van der Waals surface area contributed by atoms with E-state index in [0.717, 1.165) is 33.6 Å². The number of hydrogen-bond donors (Lipinski definition) is 0. The van der Waals surface area contributed by atoms with Crippen LogP contribution in [0, 0.1) is 0 Å². The minimum absolute atomic E-state index is 0.927. The smallest absolute Gasteiger partial charge is 0.136 e. The van der Waals surface area contributed by atoms with E-state index in [2.05, 4.69) is 120 Å². The van der Waals surface area contributed by atoms with Gasteiger partial charge in [-0.3, -0.25) is 0 Å². The van der Waals surface area contributed by atoms with Crippen molar-refractivity contribution < 1.29 is 4.42 Å². The average Bonchev–Trinajstić information content (AvgIpc) is 3.52. The van der Waals surface area contributed by atoms with Gasteiger partial charge in [0.1, 0.15) is 11.2 Å². The Morgan fingerprint density at radius 2 is 1.16 bits per heavy atom. The number of rotatable bonds is 3. The van der Waals surface area contributed by atoms with Gasteiger partial charge >= 0.3 is 0 Å². The average molecular weight is 492 g/mol. The third-order valence-corrected chi connectivity index (χ3v) is 8.37. The van der Waals surface area contributed by atoms with Crippen LogP contribution in [0.1, 0.15) is 0 Å². The van der Waals surface area contributed by atoms with Gasteiger partial charge in [0, 0.05) is 48.0 Å². The lowest BCUT2D eigenvalue weighted by atomic mass is 10.0. The van der Waals surface area contributed by atoms with Crippen molar-refractivity contribution in [2.75, 3.05) is 4.90 Å². The van der Waals surface area contributed by atoms with Crippen LogP contribution in [0.2, 0.25) is 0 Å². The molecule has 0 saturated heterocycles. The summed E-state index contributed by atoms with van der Waals surface area (Å²) in [5.74, 6) is 0. The Bertz CT molecular complexity index is 2100. The molecule has 0 bridgehead atoms. The lowest BCUT2D eigenvalue weighted by molar-refractivity contribution is 0.669. The van der Waals surface area contributed by atoms with Crippen molar-refractivity contribution in [2.45, 2.75) is 0 Å². The molecule has 0 fully saturated rings. The zero-order valence-corrected chi connectivity index (χ0v) is 20.7. The number of fused-ring (bicyclic) bond motifs is 8. The first-order valence-corrected chi connectivity index (χ1v) is 13.3. The van der Waals surface area contributed by atoms with Crippen molar-refractivity contribution in [1.82, 2.24) is 0 Å². The fourth-order valence-electron chi connectivity index (χ4n) is 5.56.